The van der Waals surface area contributed by atoms with E-state index in [0.29, 0.717) is 55.7 Å². The third kappa shape index (κ3) is 11.6. The predicted octanol–water partition coefficient (Wildman–Crippen LogP) is 8.54. The number of nitrogens with two attached hydrogens (primary N) is 1. The highest BCUT2D eigenvalue weighted by atomic mass is 16.7. The lowest BCUT2D eigenvalue weighted by atomic mass is 9.99. The fourth-order valence-corrected chi connectivity index (χ4v) is 6.75. The predicted molar refractivity (Wildman–Crippen MR) is 213 cm³/mol. The summed E-state index contributed by atoms with van der Waals surface area (Å²) in [7, 11) is 0. The number of para-hydroxylation sites is 2. The first-order valence-electron chi connectivity index (χ1n) is 18.8. The van der Waals surface area contributed by atoms with Crippen molar-refractivity contribution in [3.05, 3.63) is 161 Å². The number of aliphatic hydroxyl groups excluding tert-OH is 1. The van der Waals surface area contributed by atoms with Crippen LogP contribution in [-0.4, -0.2) is 34.5 Å². The molecule has 280 valence electrons. The number of ether oxygens (including phenoxy) is 2. The zero-order valence-electron chi connectivity index (χ0n) is 30.6. The molecule has 1 fully saturated rings. The van der Waals surface area contributed by atoms with E-state index in [2.05, 4.69) is 64.1 Å². The molecule has 9 heteroatoms. The van der Waals surface area contributed by atoms with Crippen LogP contribution >= 0.6 is 0 Å². The summed E-state index contributed by atoms with van der Waals surface area (Å²) in [5.74, 6) is -0.176. The highest BCUT2D eigenvalue weighted by molar-refractivity contribution is 5.93. The molecule has 5 N–H and O–H groups in total. The number of aliphatic hydroxyl groups is 1. The van der Waals surface area contributed by atoms with Crippen LogP contribution in [0.1, 0.15) is 78.7 Å². The number of rotatable bonds is 17. The lowest BCUT2D eigenvalue weighted by Gasteiger charge is -2.38. The van der Waals surface area contributed by atoms with Crippen molar-refractivity contribution in [2.24, 2.45) is 0 Å². The molecule has 0 bridgehead atoms. The Labute approximate surface area is 318 Å². The number of nitrogens with one attached hydrogen (secondary N) is 2. The summed E-state index contributed by atoms with van der Waals surface area (Å²) in [6, 6.07) is 43.7. The molecule has 1 aliphatic heterocycles. The van der Waals surface area contributed by atoms with Crippen molar-refractivity contribution < 1.29 is 24.2 Å². The fraction of sp³-hybridized carbons (Fsp3) is 0.289. The molecule has 0 aliphatic carbocycles. The molecule has 0 radical (unpaired) electrons. The van der Waals surface area contributed by atoms with Crippen molar-refractivity contribution >= 4 is 28.9 Å². The van der Waals surface area contributed by atoms with Gasteiger partial charge in [0.25, 0.3) is 0 Å². The number of nitrogen functional groups attached to an aromatic ring is 1. The number of amides is 2. The average molecular weight is 727 g/mol. The molecule has 1 saturated heterocycles. The molecule has 9 nitrogen and oxygen atoms in total. The smallest absolute Gasteiger partial charge is 0.224 e. The van der Waals surface area contributed by atoms with Crippen molar-refractivity contribution in [3.63, 3.8) is 0 Å². The van der Waals surface area contributed by atoms with Crippen LogP contribution in [0.3, 0.4) is 0 Å². The van der Waals surface area contributed by atoms with Crippen LogP contribution in [0, 0.1) is 0 Å². The molecule has 0 spiro atoms. The molecular weight excluding hydrogens is 677 g/mol. The third-order valence-electron chi connectivity index (χ3n) is 9.56. The summed E-state index contributed by atoms with van der Waals surface area (Å²) in [5.41, 5.74) is 12.9. The monoisotopic (exact) mass is 726 g/mol. The van der Waals surface area contributed by atoms with Gasteiger partial charge in [-0.3, -0.25) is 14.5 Å². The van der Waals surface area contributed by atoms with Gasteiger partial charge in [0.15, 0.2) is 6.29 Å². The highest BCUT2D eigenvalue weighted by Crippen LogP contribution is 2.39. The van der Waals surface area contributed by atoms with Crippen molar-refractivity contribution in [2.75, 3.05) is 22.9 Å². The molecule has 5 aromatic carbocycles. The number of benzene rings is 5. The van der Waals surface area contributed by atoms with E-state index in [1.54, 1.807) is 12.1 Å². The Morgan fingerprint density at radius 3 is 1.94 bits per heavy atom. The maximum Gasteiger partial charge on any atom is 0.224 e. The summed E-state index contributed by atoms with van der Waals surface area (Å²) in [4.78, 5) is 27.7. The summed E-state index contributed by atoms with van der Waals surface area (Å²) in [6.07, 6.45) is 2.43. The number of carbonyl (C=O) groups is 2. The van der Waals surface area contributed by atoms with Gasteiger partial charge in [0, 0.05) is 50.1 Å². The van der Waals surface area contributed by atoms with Gasteiger partial charge in [-0.2, -0.15) is 0 Å². The van der Waals surface area contributed by atoms with Crippen molar-refractivity contribution in [1.82, 2.24) is 4.90 Å². The maximum atomic E-state index is 12.9. The van der Waals surface area contributed by atoms with Gasteiger partial charge in [-0.1, -0.05) is 116 Å². The second-order valence-corrected chi connectivity index (χ2v) is 13.9. The van der Waals surface area contributed by atoms with E-state index >= 15 is 0 Å². The number of nitrogens with zero attached hydrogens (tertiary/aromatic N) is 1. The Balaban J connectivity index is 1.09. The molecule has 5 aromatic rings. The zero-order chi connectivity index (χ0) is 37.5. The fourth-order valence-electron chi connectivity index (χ4n) is 6.75. The van der Waals surface area contributed by atoms with E-state index in [1.807, 2.05) is 72.8 Å². The molecule has 2 amide bonds. The van der Waals surface area contributed by atoms with E-state index in [4.69, 9.17) is 15.2 Å². The normalized spacial score (nSPS) is 16.9. The summed E-state index contributed by atoms with van der Waals surface area (Å²) in [5, 5.41) is 15.5. The molecule has 0 aromatic heterocycles. The van der Waals surface area contributed by atoms with Crippen LogP contribution < -0.4 is 16.4 Å². The first-order valence-corrected chi connectivity index (χ1v) is 18.8. The largest absolute Gasteiger partial charge is 0.397 e. The Morgan fingerprint density at radius 1 is 0.667 bits per heavy atom. The van der Waals surface area contributed by atoms with Gasteiger partial charge >= 0.3 is 0 Å². The number of hydrogen-bond acceptors (Lipinski definition) is 7. The summed E-state index contributed by atoms with van der Waals surface area (Å²) in [6.45, 7) is 2.21. The lowest BCUT2D eigenvalue weighted by Crippen LogP contribution is -2.39. The highest BCUT2D eigenvalue weighted by Gasteiger charge is 2.33. The second kappa shape index (κ2) is 19.7. The average Bonchev–Trinajstić information content (AvgIpc) is 3.19. The molecular formula is C45H50N4O5. The lowest BCUT2D eigenvalue weighted by molar-refractivity contribution is -0.253. The van der Waals surface area contributed by atoms with Gasteiger partial charge in [-0.25, -0.2) is 0 Å². The number of anilines is 3. The Bertz CT molecular complexity index is 1880. The van der Waals surface area contributed by atoms with Crippen molar-refractivity contribution in [2.45, 2.75) is 76.7 Å². The molecule has 3 atom stereocenters. The number of unbranched alkanes of at least 4 members (excludes halogenated alkanes) is 2. The topological polar surface area (TPSA) is 126 Å². The first kappa shape index (κ1) is 38.4. The van der Waals surface area contributed by atoms with Gasteiger partial charge in [0.05, 0.1) is 30.2 Å². The van der Waals surface area contributed by atoms with Crippen LogP contribution in [0.5, 0.6) is 0 Å². The van der Waals surface area contributed by atoms with Gasteiger partial charge < -0.3 is 30.9 Å². The summed E-state index contributed by atoms with van der Waals surface area (Å²) < 4.78 is 13.4. The van der Waals surface area contributed by atoms with E-state index < -0.39 is 6.29 Å². The molecule has 3 unspecified atom stereocenters. The van der Waals surface area contributed by atoms with Gasteiger partial charge in [-0.15, -0.1) is 0 Å². The number of carbonyl (C=O) groups excluding carboxylic acids is 2. The van der Waals surface area contributed by atoms with E-state index in [0.717, 1.165) is 36.2 Å². The zero-order valence-corrected chi connectivity index (χ0v) is 30.6. The van der Waals surface area contributed by atoms with Gasteiger partial charge in [-0.05, 0) is 59.4 Å². The van der Waals surface area contributed by atoms with Crippen LogP contribution in [0.4, 0.5) is 17.1 Å². The second-order valence-electron chi connectivity index (χ2n) is 13.9. The third-order valence-corrected chi connectivity index (χ3v) is 9.56. The SMILES string of the molecule is Nc1ccccc1NC(=O)CCCCCC(=O)Nc1cccc(C2OC(CN(Cc3ccccc3)Cc3ccccc3)CC(c3ccc(CO)cc3)O2)c1. The van der Waals surface area contributed by atoms with Crippen LogP contribution in [0.2, 0.25) is 0 Å². The molecule has 0 saturated carbocycles. The Kier molecular flexibility index (Phi) is 14.0. The van der Waals surface area contributed by atoms with Crippen molar-refractivity contribution in [1.29, 1.82) is 0 Å². The standard InChI is InChI=1S/C45H50N4O5/c46-40-19-10-11-20-41(40)48-44(52)22-9-3-8-21-43(51)47-38-18-12-17-37(27-38)45-53-39(28-42(54-45)36-25-23-35(32-50)24-26-36)31-49(29-33-13-4-1-5-14-33)30-34-15-6-2-7-16-34/h1-2,4-7,10-20,23-27,39,42,45,50H,3,8-9,21-22,28-32,46H2,(H,47,51)(H,48,52). The van der Waals surface area contributed by atoms with Crippen LogP contribution in [0.25, 0.3) is 0 Å². The van der Waals surface area contributed by atoms with Gasteiger partial charge in [0.2, 0.25) is 11.8 Å². The van der Waals surface area contributed by atoms with E-state index in [1.165, 1.54) is 11.1 Å². The minimum absolute atomic E-state index is 0.0194. The Morgan fingerprint density at radius 2 is 1.30 bits per heavy atom. The van der Waals surface area contributed by atoms with Gasteiger partial charge in [0.1, 0.15) is 0 Å². The maximum absolute atomic E-state index is 12.9. The van der Waals surface area contributed by atoms with Crippen molar-refractivity contribution in [3.8, 4) is 0 Å². The molecule has 54 heavy (non-hydrogen) atoms. The molecule has 6 rings (SSSR count). The van der Waals surface area contributed by atoms with E-state index in [9.17, 15) is 14.7 Å². The quantitative estimate of drug-likeness (QED) is 0.0559. The van der Waals surface area contributed by atoms with E-state index in [-0.39, 0.29) is 30.6 Å². The van der Waals surface area contributed by atoms with Crippen LogP contribution in [0.15, 0.2) is 133 Å². The summed E-state index contributed by atoms with van der Waals surface area (Å²) >= 11 is 0. The molecule has 1 aliphatic rings. The number of hydrogen-bond donors (Lipinski definition) is 4. The minimum Gasteiger partial charge on any atom is -0.397 e. The first-order chi connectivity index (χ1) is 26.4. The Hall–Kier alpha value is -5.32. The van der Waals surface area contributed by atoms with Crippen LogP contribution in [-0.2, 0) is 38.8 Å². The minimum atomic E-state index is -0.657. The molecule has 1 heterocycles.